The highest BCUT2D eigenvalue weighted by molar-refractivity contribution is 9.10. The van der Waals surface area contributed by atoms with E-state index in [9.17, 15) is 5.11 Å². The Morgan fingerprint density at radius 1 is 1.33 bits per heavy atom. The van der Waals surface area contributed by atoms with Crippen LogP contribution in [0.2, 0.25) is 0 Å². The molecule has 1 heterocycles. The molecule has 3 nitrogen and oxygen atoms in total. The maximum absolute atomic E-state index is 10.1. The monoisotopic (exact) mass is 310 g/mol. The number of methoxy groups -OCH3 is 1. The average Bonchev–Trinajstić information content (AvgIpc) is 2.76. The molecule has 0 spiro atoms. The number of aliphatic hydroxyl groups excluding tert-OH is 1. The second kappa shape index (κ2) is 5.59. The van der Waals surface area contributed by atoms with Crippen LogP contribution in [0.3, 0.4) is 0 Å². The van der Waals surface area contributed by atoms with E-state index in [1.165, 1.54) is 0 Å². The summed E-state index contributed by atoms with van der Waals surface area (Å²) in [5.41, 5.74) is 1.02. The smallest absolute Gasteiger partial charge is 0.133 e. The lowest BCUT2D eigenvalue weighted by Crippen LogP contribution is -2.00. The van der Waals surface area contributed by atoms with E-state index in [0.717, 1.165) is 21.5 Å². The lowest BCUT2D eigenvalue weighted by Gasteiger charge is -2.10. The molecule has 1 atom stereocenters. The Morgan fingerprint density at radius 2 is 2.11 bits per heavy atom. The summed E-state index contributed by atoms with van der Waals surface area (Å²) in [6, 6.07) is 9.40. The molecule has 1 aromatic heterocycles. The van der Waals surface area contributed by atoms with Crippen molar-refractivity contribution in [1.82, 2.24) is 0 Å². The first kappa shape index (κ1) is 13.2. The summed E-state index contributed by atoms with van der Waals surface area (Å²) in [6.07, 6.45) is -0.116. The van der Waals surface area contributed by atoms with E-state index in [4.69, 9.17) is 9.15 Å². The highest BCUT2D eigenvalue weighted by Gasteiger charge is 2.13. The van der Waals surface area contributed by atoms with Gasteiger partial charge in [-0.05, 0) is 52.7 Å². The van der Waals surface area contributed by atoms with Crippen LogP contribution in [0.4, 0.5) is 0 Å². The zero-order chi connectivity index (χ0) is 13.1. The van der Waals surface area contributed by atoms with Gasteiger partial charge in [-0.2, -0.15) is 0 Å². The molecule has 0 aliphatic carbocycles. The highest BCUT2D eigenvalue weighted by Crippen LogP contribution is 2.28. The van der Waals surface area contributed by atoms with Crippen LogP contribution in [0.1, 0.15) is 23.2 Å². The molecule has 2 aromatic rings. The predicted octanol–water partition coefficient (Wildman–Crippen LogP) is 3.64. The number of furan rings is 1. The van der Waals surface area contributed by atoms with Gasteiger partial charge in [0.05, 0.1) is 11.6 Å². The van der Waals surface area contributed by atoms with Crippen molar-refractivity contribution in [3.05, 3.63) is 51.9 Å². The summed E-state index contributed by atoms with van der Waals surface area (Å²) in [5.74, 6) is 2.18. The molecule has 0 radical (unpaired) electrons. The van der Waals surface area contributed by atoms with Crippen molar-refractivity contribution in [2.45, 2.75) is 19.4 Å². The largest absolute Gasteiger partial charge is 0.496 e. The van der Waals surface area contributed by atoms with E-state index in [2.05, 4.69) is 15.9 Å². The second-order valence-electron chi connectivity index (χ2n) is 4.14. The number of aliphatic hydroxyl groups is 1. The Hall–Kier alpha value is -1.26. The molecule has 0 amide bonds. The molecule has 18 heavy (non-hydrogen) atoms. The molecule has 0 saturated heterocycles. The van der Waals surface area contributed by atoms with E-state index < -0.39 is 6.10 Å². The first-order chi connectivity index (χ1) is 8.60. The van der Waals surface area contributed by atoms with Gasteiger partial charge in [0, 0.05) is 6.42 Å². The molecule has 2 rings (SSSR count). The third-order valence-electron chi connectivity index (χ3n) is 2.73. The maximum atomic E-state index is 10.1. The Balaban J connectivity index is 2.12. The van der Waals surface area contributed by atoms with Crippen molar-refractivity contribution < 1.29 is 14.3 Å². The Labute approximate surface area is 115 Å². The number of hydrogen-bond donors (Lipinski definition) is 1. The zero-order valence-electron chi connectivity index (χ0n) is 10.3. The molecule has 96 valence electrons. The number of benzene rings is 1. The van der Waals surface area contributed by atoms with Crippen molar-refractivity contribution in [3.63, 3.8) is 0 Å². The summed E-state index contributed by atoms with van der Waals surface area (Å²) >= 11 is 3.43. The number of ether oxygens (including phenoxy) is 1. The molecule has 4 heteroatoms. The minimum Gasteiger partial charge on any atom is -0.496 e. The molecular weight excluding hydrogens is 296 g/mol. The highest BCUT2D eigenvalue weighted by atomic mass is 79.9. The van der Waals surface area contributed by atoms with E-state index in [-0.39, 0.29) is 0 Å². The summed E-state index contributed by atoms with van der Waals surface area (Å²) in [5, 5.41) is 10.1. The van der Waals surface area contributed by atoms with Gasteiger partial charge in [-0.15, -0.1) is 0 Å². The number of hydrogen-bond acceptors (Lipinski definition) is 3. The SMILES string of the molecule is COc1ccc(CC(O)c2ccc(C)o2)cc1Br. The van der Waals surface area contributed by atoms with Crippen LogP contribution in [0.25, 0.3) is 0 Å². The summed E-state index contributed by atoms with van der Waals surface area (Å²) in [4.78, 5) is 0. The molecule has 0 fully saturated rings. The fraction of sp³-hybridized carbons (Fsp3) is 0.286. The third-order valence-corrected chi connectivity index (χ3v) is 3.35. The van der Waals surface area contributed by atoms with Gasteiger partial charge in [0.2, 0.25) is 0 Å². The summed E-state index contributed by atoms with van der Waals surface area (Å²) in [6.45, 7) is 1.86. The van der Waals surface area contributed by atoms with Gasteiger partial charge in [-0.1, -0.05) is 6.07 Å². The van der Waals surface area contributed by atoms with Gasteiger partial charge >= 0.3 is 0 Å². The molecule has 1 N–H and O–H groups in total. The van der Waals surface area contributed by atoms with Crippen LogP contribution in [0, 0.1) is 6.92 Å². The van der Waals surface area contributed by atoms with Gasteiger partial charge in [0.15, 0.2) is 0 Å². The minimum atomic E-state index is -0.626. The first-order valence-electron chi connectivity index (χ1n) is 5.67. The number of halogens is 1. The topological polar surface area (TPSA) is 42.6 Å². The molecule has 0 saturated carbocycles. The Kier molecular flexibility index (Phi) is 4.09. The molecular formula is C14H15BrO3. The third kappa shape index (κ3) is 2.94. The van der Waals surface area contributed by atoms with Crippen molar-refractivity contribution in [2.75, 3.05) is 7.11 Å². The lowest BCUT2D eigenvalue weighted by molar-refractivity contribution is 0.149. The van der Waals surface area contributed by atoms with E-state index in [0.29, 0.717) is 12.2 Å². The van der Waals surface area contributed by atoms with Crippen LogP contribution in [0.5, 0.6) is 5.75 Å². The van der Waals surface area contributed by atoms with Gasteiger partial charge in [0.1, 0.15) is 23.4 Å². The van der Waals surface area contributed by atoms with Crippen LogP contribution in [-0.4, -0.2) is 12.2 Å². The molecule has 0 aliphatic rings. The minimum absolute atomic E-state index is 0.509. The van der Waals surface area contributed by atoms with Crippen molar-refractivity contribution in [1.29, 1.82) is 0 Å². The number of aryl methyl sites for hydroxylation is 1. The van der Waals surface area contributed by atoms with Crippen LogP contribution in [0.15, 0.2) is 39.2 Å². The predicted molar refractivity (Wildman–Crippen MR) is 72.8 cm³/mol. The molecule has 0 bridgehead atoms. The zero-order valence-corrected chi connectivity index (χ0v) is 11.9. The van der Waals surface area contributed by atoms with Crippen LogP contribution < -0.4 is 4.74 Å². The normalized spacial score (nSPS) is 12.4. The number of rotatable bonds is 4. The van der Waals surface area contributed by atoms with E-state index in [1.807, 2.05) is 31.2 Å². The molecule has 0 aliphatic heterocycles. The van der Waals surface area contributed by atoms with Crippen LogP contribution in [-0.2, 0) is 6.42 Å². The molecule has 1 aromatic carbocycles. The Morgan fingerprint density at radius 3 is 2.67 bits per heavy atom. The van der Waals surface area contributed by atoms with Gasteiger partial charge < -0.3 is 14.3 Å². The second-order valence-corrected chi connectivity index (χ2v) is 4.99. The van der Waals surface area contributed by atoms with Crippen molar-refractivity contribution in [2.24, 2.45) is 0 Å². The quantitative estimate of drug-likeness (QED) is 0.937. The maximum Gasteiger partial charge on any atom is 0.133 e. The van der Waals surface area contributed by atoms with Crippen molar-refractivity contribution in [3.8, 4) is 5.75 Å². The first-order valence-corrected chi connectivity index (χ1v) is 6.46. The Bertz CT molecular complexity index is 534. The fourth-order valence-electron chi connectivity index (χ4n) is 1.79. The van der Waals surface area contributed by atoms with Gasteiger partial charge in [0.25, 0.3) is 0 Å². The molecule has 1 unspecified atom stereocenters. The van der Waals surface area contributed by atoms with Gasteiger partial charge in [-0.3, -0.25) is 0 Å². The van der Waals surface area contributed by atoms with E-state index in [1.54, 1.807) is 13.2 Å². The van der Waals surface area contributed by atoms with Gasteiger partial charge in [-0.25, -0.2) is 0 Å². The summed E-state index contributed by atoms with van der Waals surface area (Å²) < 4.78 is 11.5. The summed E-state index contributed by atoms with van der Waals surface area (Å²) in [7, 11) is 1.63. The standard InChI is InChI=1S/C14H15BrO3/c1-9-3-5-14(18-9)12(16)8-10-4-6-13(17-2)11(15)7-10/h3-7,12,16H,8H2,1-2H3. The lowest BCUT2D eigenvalue weighted by atomic mass is 10.1. The average molecular weight is 311 g/mol. The van der Waals surface area contributed by atoms with E-state index >= 15 is 0 Å². The fourth-order valence-corrected chi connectivity index (χ4v) is 2.38. The van der Waals surface area contributed by atoms with Crippen molar-refractivity contribution >= 4 is 15.9 Å². The van der Waals surface area contributed by atoms with Crippen LogP contribution >= 0.6 is 15.9 Å².